The van der Waals surface area contributed by atoms with E-state index in [2.05, 4.69) is 28.0 Å². The number of aliphatic hydroxyl groups excluding tert-OH is 1. The highest BCUT2D eigenvalue weighted by molar-refractivity contribution is 5.97. The van der Waals surface area contributed by atoms with E-state index in [1.54, 1.807) is 21.1 Å². The molecule has 2 saturated heterocycles. The van der Waals surface area contributed by atoms with Gasteiger partial charge in [-0.2, -0.15) is 10.4 Å². The molecule has 12 heteroatoms. The minimum atomic E-state index is -0.787. The lowest BCUT2D eigenvalue weighted by Gasteiger charge is -2.20. The lowest BCUT2D eigenvalue weighted by molar-refractivity contribution is -0.147. The zero-order valence-electron chi connectivity index (χ0n) is 30.8. The Bertz CT molecular complexity index is 2440. The molecule has 8 rings (SSSR count). The number of aliphatic hydroxyl groups is 1. The number of rotatable bonds is 10. The van der Waals surface area contributed by atoms with Crippen molar-refractivity contribution in [2.24, 2.45) is 5.41 Å². The Labute approximate surface area is 312 Å². The third-order valence-electron chi connectivity index (χ3n) is 11.1. The topological polar surface area (TPSA) is 150 Å². The lowest BCUT2D eigenvalue weighted by atomic mass is 9.90. The number of methoxy groups -OCH3 is 2. The van der Waals surface area contributed by atoms with Crippen molar-refractivity contribution in [3.63, 3.8) is 0 Å². The number of aromatic nitrogens is 3. The van der Waals surface area contributed by atoms with Crippen LogP contribution in [0.15, 0.2) is 71.3 Å². The Balaban J connectivity index is 1.12. The molecule has 2 aliphatic rings. The van der Waals surface area contributed by atoms with Gasteiger partial charge in [0.1, 0.15) is 23.1 Å². The molecule has 0 unspecified atom stereocenters. The first kappa shape index (κ1) is 35.3. The van der Waals surface area contributed by atoms with E-state index in [-0.39, 0.29) is 6.10 Å². The van der Waals surface area contributed by atoms with Crippen molar-refractivity contribution in [3.05, 3.63) is 89.1 Å². The molecule has 0 bridgehead atoms. The quantitative estimate of drug-likeness (QED) is 0.158. The number of nitriles is 1. The fourth-order valence-electron chi connectivity index (χ4n) is 8.08. The van der Waals surface area contributed by atoms with Gasteiger partial charge in [0, 0.05) is 55.8 Å². The zero-order valence-corrected chi connectivity index (χ0v) is 30.8. The number of aliphatic carboxylic acids is 1. The van der Waals surface area contributed by atoms with Crippen LogP contribution in [0, 0.1) is 23.7 Å². The third kappa shape index (κ3) is 6.24. The first-order chi connectivity index (χ1) is 26.1. The van der Waals surface area contributed by atoms with Gasteiger partial charge in [0.25, 0.3) is 0 Å². The molecule has 0 saturated carbocycles. The van der Waals surface area contributed by atoms with Crippen LogP contribution < -0.4 is 9.47 Å². The number of benzene rings is 4. The Kier molecular flexibility index (Phi) is 9.09. The fourth-order valence-corrected chi connectivity index (χ4v) is 8.08. The maximum atomic E-state index is 11.8. The first-order valence-electron chi connectivity index (χ1n) is 18.1. The molecular weight excluding hydrogens is 684 g/mol. The molecule has 6 aromatic rings. The summed E-state index contributed by atoms with van der Waals surface area (Å²) in [5.41, 5.74) is 7.92. The van der Waals surface area contributed by atoms with Crippen LogP contribution >= 0.6 is 0 Å². The predicted octanol–water partition coefficient (Wildman–Crippen LogP) is 6.56. The van der Waals surface area contributed by atoms with Crippen molar-refractivity contribution in [2.45, 2.75) is 45.9 Å². The number of carboxylic acids is 1. The van der Waals surface area contributed by atoms with Crippen molar-refractivity contribution in [1.82, 2.24) is 24.6 Å². The largest absolute Gasteiger partial charge is 0.496 e. The molecule has 0 aliphatic carbocycles. The number of oxazole rings is 1. The SMILES string of the molecule is COc1cc(-n2ncc3c(-c4cccc(-c5nc6cc(CN7CC[C@](C)(C(=O)O)C7)cc(C#N)c6o5)c4C)cccc32)cc(OC)c1CN1CC[C@H](O)C1. The molecule has 0 spiro atoms. The monoisotopic (exact) mass is 726 g/mol. The highest BCUT2D eigenvalue weighted by Gasteiger charge is 2.40. The highest BCUT2D eigenvalue weighted by Crippen LogP contribution is 2.39. The summed E-state index contributed by atoms with van der Waals surface area (Å²) in [4.78, 5) is 21.0. The summed E-state index contributed by atoms with van der Waals surface area (Å²) >= 11 is 0. The van der Waals surface area contributed by atoms with Gasteiger partial charge < -0.3 is 24.1 Å². The predicted molar refractivity (Wildman–Crippen MR) is 204 cm³/mol. The van der Waals surface area contributed by atoms with Crippen LogP contribution in [0.5, 0.6) is 11.5 Å². The molecule has 276 valence electrons. The fraction of sp³-hybridized carbons (Fsp3) is 0.333. The molecule has 54 heavy (non-hydrogen) atoms. The van der Waals surface area contributed by atoms with Crippen LogP contribution in [0.2, 0.25) is 0 Å². The maximum Gasteiger partial charge on any atom is 0.310 e. The molecule has 0 radical (unpaired) electrons. The number of carbonyl (C=O) groups is 1. The lowest BCUT2D eigenvalue weighted by Crippen LogP contribution is -2.31. The van der Waals surface area contributed by atoms with E-state index in [4.69, 9.17) is 24.0 Å². The van der Waals surface area contributed by atoms with Gasteiger partial charge >= 0.3 is 5.97 Å². The van der Waals surface area contributed by atoms with Gasteiger partial charge in [0.05, 0.1) is 54.3 Å². The maximum absolute atomic E-state index is 11.8. The van der Waals surface area contributed by atoms with Crippen LogP contribution in [0.3, 0.4) is 0 Å². The molecule has 2 aliphatic heterocycles. The molecule has 4 heterocycles. The molecule has 2 aromatic heterocycles. The van der Waals surface area contributed by atoms with E-state index >= 15 is 0 Å². The Morgan fingerprint density at radius 2 is 1.76 bits per heavy atom. The van der Waals surface area contributed by atoms with Crippen LogP contribution in [0.4, 0.5) is 0 Å². The minimum Gasteiger partial charge on any atom is -0.496 e. The van der Waals surface area contributed by atoms with E-state index in [1.165, 1.54) is 0 Å². The Morgan fingerprint density at radius 3 is 2.44 bits per heavy atom. The van der Waals surface area contributed by atoms with Gasteiger partial charge in [0.15, 0.2) is 5.58 Å². The van der Waals surface area contributed by atoms with E-state index in [0.717, 1.165) is 62.9 Å². The Hall–Kier alpha value is -5.74. The number of hydrogen-bond acceptors (Lipinski definition) is 10. The summed E-state index contributed by atoms with van der Waals surface area (Å²) < 4.78 is 19.9. The number of carboxylic acid groups (broad SMARTS) is 1. The van der Waals surface area contributed by atoms with E-state index in [1.807, 2.05) is 66.3 Å². The van der Waals surface area contributed by atoms with Gasteiger partial charge in [-0.05, 0) is 79.8 Å². The number of nitrogens with zero attached hydrogens (tertiary/aromatic N) is 6. The van der Waals surface area contributed by atoms with Gasteiger partial charge in [-0.1, -0.05) is 24.3 Å². The minimum absolute atomic E-state index is 0.318. The number of hydrogen-bond donors (Lipinski definition) is 2. The zero-order chi connectivity index (χ0) is 37.7. The standard InChI is InChI=1S/C42H42N6O6/c1-25-30(7-5-8-31(25)40-45-35-16-26(15-27(19-43)39(35)54-40)21-47-14-12-42(2,24-47)41(50)51)32-9-6-10-36-33(32)20-44-48(36)28-17-37(52-3)34(38(18-28)53-4)23-46-13-11-29(49)22-46/h5-10,15-18,20,29,49H,11-14,21-24H2,1-4H3,(H,50,51)/t29-,42-/m0/s1. The smallest absolute Gasteiger partial charge is 0.310 e. The van der Waals surface area contributed by atoms with Crippen LogP contribution in [0.1, 0.15) is 42.0 Å². The molecule has 4 aromatic carbocycles. The van der Waals surface area contributed by atoms with Crippen molar-refractivity contribution in [1.29, 1.82) is 5.26 Å². The van der Waals surface area contributed by atoms with Crippen molar-refractivity contribution in [2.75, 3.05) is 40.4 Å². The molecule has 0 amide bonds. The summed E-state index contributed by atoms with van der Waals surface area (Å²) in [5, 5.41) is 35.6. The van der Waals surface area contributed by atoms with Gasteiger partial charge in [0.2, 0.25) is 5.89 Å². The second-order valence-corrected chi connectivity index (χ2v) is 14.7. The third-order valence-corrected chi connectivity index (χ3v) is 11.1. The summed E-state index contributed by atoms with van der Waals surface area (Å²) in [6, 6.07) is 22.1. The van der Waals surface area contributed by atoms with Gasteiger partial charge in [-0.15, -0.1) is 0 Å². The number of β-amino-alcohol motifs (C(OH)–C–C–N with tert-alkyl or cyclic N) is 1. The van der Waals surface area contributed by atoms with E-state index in [0.29, 0.717) is 73.2 Å². The summed E-state index contributed by atoms with van der Waals surface area (Å²) in [6.45, 7) is 7.50. The van der Waals surface area contributed by atoms with Crippen molar-refractivity contribution in [3.8, 4) is 45.8 Å². The molecule has 12 nitrogen and oxygen atoms in total. The first-order valence-corrected chi connectivity index (χ1v) is 18.1. The normalized spacial score (nSPS) is 19.1. The van der Waals surface area contributed by atoms with Gasteiger partial charge in [-0.25, -0.2) is 9.67 Å². The average Bonchev–Trinajstić information content (AvgIpc) is 3.98. The molecule has 2 N–H and O–H groups in total. The average molecular weight is 727 g/mol. The summed E-state index contributed by atoms with van der Waals surface area (Å²) in [6.07, 6.45) is 2.88. The molecule has 2 fully saturated rings. The summed E-state index contributed by atoms with van der Waals surface area (Å²) in [5.74, 6) is 1.01. The highest BCUT2D eigenvalue weighted by atomic mass is 16.5. The Morgan fingerprint density at radius 1 is 1.02 bits per heavy atom. The number of ether oxygens (including phenoxy) is 2. The number of fused-ring (bicyclic) bond motifs is 2. The second-order valence-electron chi connectivity index (χ2n) is 14.7. The van der Waals surface area contributed by atoms with Crippen LogP contribution in [-0.2, 0) is 17.9 Å². The van der Waals surface area contributed by atoms with Crippen LogP contribution in [0.25, 0.3) is 50.3 Å². The second kappa shape index (κ2) is 13.9. The molecular formula is C42H42N6O6. The summed E-state index contributed by atoms with van der Waals surface area (Å²) in [7, 11) is 3.30. The van der Waals surface area contributed by atoms with E-state index in [9.17, 15) is 20.3 Å². The number of likely N-dealkylation sites (tertiary alicyclic amines) is 2. The van der Waals surface area contributed by atoms with Crippen molar-refractivity contribution < 1.29 is 28.9 Å². The van der Waals surface area contributed by atoms with Gasteiger partial charge in [-0.3, -0.25) is 14.6 Å². The van der Waals surface area contributed by atoms with Crippen molar-refractivity contribution >= 4 is 28.0 Å². The van der Waals surface area contributed by atoms with Crippen LogP contribution in [-0.4, -0.2) is 87.2 Å². The molecule has 2 atom stereocenters. The van der Waals surface area contributed by atoms with E-state index < -0.39 is 11.4 Å².